The van der Waals surface area contributed by atoms with Crippen molar-refractivity contribution in [3.8, 4) is 0 Å². The first-order valence-corrected chi connectivity index (χ1v) is 23.5. The topological polar surface area (TPSA) is 235 Å². The van der Waals surface area contributed by atoms with Crippen LogP contribution >= 0.6 is 0 Å². The monoisotopic (exact) mass is 982 g/mol. The van der Waals surface area contributed by atoms with Crippen molar-refractivity contribution in [1.29, 1.82) is 0 Å². The van der Waals surface area contributed by atoms with E-state index in [0.717, 1.165) is 54.0 Å². The minimum absolute atomic E-state index is 0. The minimum atomic E-state index is -5.15. The van der Waals surface area contributed by atoms with E-state index in [0.29, 0.717) is 34.6 Å². The fraction of sp³-hybridized carbons (Fsp3) is 0.275. The van der Waals surface area contributed by atoms with Crippen LogP contribution in [0.1, 0.15) is 58.1 Å². The van der Waals surface area contributed by atoms with E-state index in [1.165, 1.54) is 12.1 Å². The van der Waals surface area contributed by atoms with Gasteiger partial charge in [0.15, 0.2) is 5.71 Å². The van der Waals surface area contributed by atoms with Gasteiger partial charge in [0.1, 0.15) is 47.5 Å². The van der Waals surface area contributed by atoms with Gasteiger partial charge in [0.25, 0.3) is 0 Å². The molecule has 0 radical (unpaired) electrons. The Balaban J connectivity index is 0.00000273. The third kappa shape index (κ3) is 10.2. The van der Waals surface area contributed by atoms with E-state index in [9.17, 15) is 51.9 Å². The first kappa shape index (κ1) is 54.0. The van der Waals surface area contributed by atoms with Crippen LogP contribution in [0.2, 0.25) is 0 Å². The molecule has 0 unspecified atom stereocenters. The van der Waals surface area contributed by atoms with Gasteiger partial charge in [0, 0.05) is 46.9 Å². The van der Waals surface area contributed by atoms with E-state index in [4.69, 9.17) is 0 Å². The van der Waals surface area contributed by atoms with Gasteiger partial charge in [0.2, 0.25) is 5.69 Å². The molecule has 0 bridgehead atoms. The van der Waals surface area contributed by atoms with Gasteiger partial charge in [-0.25, -0.2) is 33.7 Å². The molecule has 2 heterocycles. The first-order valence-electron chi connectivity index (χ1n) is 17.8. The summed E-state index contributed by atoms with van der Waals surface area (Å²) in [6.07, 6.45) is 12.2. The SMILES string of the molecule is CN1/C(=C/C=C2C=C(/C=C/C3=[N+](C)c4ccc5c(S(=O)(=O)[O-])cc(S(=O)(=O)[O-])cc5c4C3(C)C)CCC/2)C(C)(C)c2c1ccc1c(S(=O)(=O)[O-])cc(S(=O)(=O)[O-])cc21.[K+].[K+].[K+]. The van der Waals surface area contributed by atoms with Crippen LogP contribution in [-0.4, -0.2) is 76.3 Å². The molecule has 61 heavy (non-hydrogen) atoms. The predicted octanol–water partition coefficient (Wildman–Crippen LogP) is -3.47. The second kappa shape index (κ2) is 18.8. The molecule has 1 aliphatic carbocycles. The Morgan fingerprint density at radius 1 is 0.623 bits per heavy atom. The molecular weight excluding hydrogens is 946 g/mol. The average Bonchev–Trinajstić information content (AvgIpc) is 3.43. The fourth-order valence-electron chi connectivity index (χ4n) is 8.81. The number of likely N-dealkylation sites (N-methyl/N-ethyl adjacent to an activating group) is 1. The molecule has 3 aliphatic rings. The number of rotatable bonds is 7. The molecule has 21 heteroatoms. The molecule has 4 aromatic rings. The Kier molecular flexibility index (Phi) is 16.7. The molecule has 0 aromatic heterocycles. The van der Waals surface area contributed by atoms with Crippen LogP contribution in [0.25, 0.3) is 21.5 Å². The second-order valence-electron chi connectivity index (χ2n) is 15.7. The molecule has 2 aliphatic heterocycles. The van der Waals surface area contributed by atoms with E-state index in [2.05, 4.69) is 6.08 Å². The quantitative estimate of drug-likeness (QED) is 0.0997. The van der Waals surface area contributed by atoms with E-state index in [1.54, 1.807) is 12.1 Å². The summed E-state index contributed by atoms with van der Waals surface area (Å²) in [7, 11) is -16.9. The summed E-state index contributed by atoms with van der Waals surface area (Å²) in [5.41, 5.74) is 4.31. The Labute approximate surface area is 484 Å². The maximum Gasteiger partial charge on any atom is 1.00 e. The summed E-state index contributed by atoms with van der Waals surface area (Å²) >= 11 is 0. The van der Waals surface area contributed by atoms with Crippen LogP contribution in [0.5, 0.6) is 0 Å². The normalized spacial score (nSPS) is 18.9. The van der Waals surface area contributed by atoms with Crippen molar-refractivity contribution >= 4 is 79.1 Å². The van der Waals surface area contributed by atoms with E-state index in [-0.39, 0.29) is 176 Å². The molecule has 7 rings (SSSR count). The van der Waals surface area contributed by atoms with Gasteiger partial charge in [-0.1, -0.05) is 38.1 Å². The molecular formula is C40H37K3N2O12S4. The molecule has 0 atom stereocenters. The average molecular weight is 983 g/mol. The number of benzene rings is 4. The molecule has 0 amide bonds. The zero-order valence-corrected chi connectivity index (χ0v) is 47.7. The summed E-state index contributed by atoms with van der Waals surface area (Å²) < 4.78 is 147. The fourth-order valence-corrected chi connectivity index (χ4v) is 11.4. The van der Waals surface area contributed by atoms with Crippen LogP contribution < -0.4 is 159 Å². The van der Waals surface area contributed by atoms with Gasteiger partial charge in [-0.05, 0) is 108 Å². The number of fused-ring (bicyclic) bond motifs is 6. The molecule has 14 nitrogen and oxygen atoms in total. The Morgan fingerprint density at radius 3 is 1.64 bits per heavy atom. The summed E-state index contributed by atoms with van der Waals surface area (Å²) in [6, 6.07) is 9.64. The van der Waals surface area contributed by atoms with Crippen LogP contribution in [0.15, 0.2) is 115 Å². The van der Waals surface area contributed by atoms with E-state index < -0.39 is 70.9 Å². The Hall–Kier alpha value is 0.379. The summed E-state index contributed by atoms with van der Waals surface area (Å²) in [4.78, 5) is -1.32. The van der Waals surface area contributed by atoms with Crippen molar-refractivity contribution in [2.75, 3.05) is 19.0 Å². The van der Waals surface area contributed by atoms with Crippen molar-refractivity contribution in [1.82, 2.24) is 0 Å². The summed E-state index contributed by atoms with van der Waals surface area (Å²) in [5, 5.41) is 0.362. The molecule has 0 fully saturated rings. The Bertz CT molecular complexity index is 3170. The molecule has 0 N–H and O–H groups in total. The molecule has 4 aromatic carbocycles. The van der Waals surface area contributed by atoms with Gasteiger partial charge in [-0.3, -0.25) is 0 Å². The zero-order valence-electron chi connectivity index (χ0n) is 35.1. The second-order valence-corrected chi connectivity index (χ2v) is 21.2. The minimum Gasteiger partial charge on any atom is -0.744 e. The molecule has 0 saturated heterocycles. The maximum atomic E-state index is 12.2. The van der Waals surface area contributed by atoms with Crippen LogP contribution in [0, 0.1) is 0 Å². The van der Waals surface area contributed by atoms with Crippen LogP contribution in [0.4, 0.5) is 11.4 Å². The van der Waals surface area contributed by atoms with E-state index >= 15 is 0 Å². The zero-order chi connectivity index (χ0) is 42.7. The number of allylic oxidation sites excluding steroid dienone is 8. The number of hydrogen-bond acceptors (Lipinski definition) is 13. The van der Waals surface area contributed by atoms with Gasteiger partial charge >= 0.3 is 154 Å². The number of nitrogens with zero attached hydrogens (tertiary/aromatic N) is 2. The number of anilines is 1. The summed E-state index contributed by atoms with van der Waals surface area (Å²) in [6.45, 7) is 7.53. The van der Waals surface area contributed by atoms with Crippen molar-refractivity contribution in [3.05, 3.63) is 107 Å². The smallest absolute Gasteiger partial charge is 0.744 e. The predicted molar refractivity (Wildman–Crippen MR) is 212 cm³/mol. The van der Waals surface area contributed by atoms with Crippen LogP contribution in [0.3, 0.4) is 0 Å². The molecule has 0 spiro atoms. The van der Waals surface area contributed by atoms with Gasteiger partial charge < -0.3 is 23.1 Å². The molecule has 306 valence electrons. The summed E-state index contributed by atoms with van der Waals surface area (Å²) in [5.74, 6) is 0. The van der Waals surface area contributed by atoms with E-state index in [1.807, 2.05) is 75.6 Å². The first-order chi connectivity index (χ1) is 26.6. The maximum absolute atomic E-state index is 12.2. The third-order valence-corrected chi connectivity index (χ3v) is 14.8. The van der Waals surface area contributed by atoms with Crippen molar-refractivity contribution in [2.24, 2.45) is 0 Å². The van der Waals surface area contributed by atoms with Gasteiger partial charge in [0.05, 0.1) is 25.0 Å². The number of hydrogen-bond donors (Lipinski definition) is 0. The Morgan fingerprint density at radius 2 is 1.13 bits per heavy atom. The van der Waals surface area contributed by atoms with Crippen molar-refractivity contribution < 1.29 is 211 Å². The largest absolute Gasteiger partial charge is 1.00 e. The van der Waals surface area contributed by atoms with Gasteiger partial charge in [-0.2, -0.15) is 4.58 Å². The van der Waals surface area contributed by atoms with Gasteiger partial charge in [-0.15, -0.1) is 0 Å². The standard InChI is InChI=1S/C40H40N2O12S4.3K/c1-39(2)35(41(5)31-14-12-27-29(37(31)39)19-25(55(43,44)45)21-33(27)57(49,50)51)16-10-23-8-7-9-24(18-23)11-17-36-40(3,4)38-30-20-26(56(46,47)48)22-34(58(52,53)54)28(30)13-15-32(38)42(36)6;;;/h10-22H,7-9H2,1-6H3,(H3-,43,44,45,46,47,48,49,50,51,52,53,54);;;/q;3*+1/p-3. The van der Waals surface area contributed by atoms with Crippen molar-refractivity contribution in [2.45, 2.75) is 77.4 Å². The third-order valence-electron chi connectivity index (χ3n) is 11.4. The van der Waals surface area contributed by atoms with Crippen molar-refractivity contribution in [3.63, 3.8) is 0 Å². The van der Waals surface area contributed by atoms with Crippen LogP contribution in [-0.2, 0) is 51.3 Å². The molecule has 0 saturated carbocycles.